The van der Waals surface area contributed by atoms with Gasteiger partial charge in [0.1, 0.15) is 17.4 Å². The van der Waals surface area contributed by atoms with E-state index in [1.54, 1.807) is 36.3 Å². The second-order valence-electron chi connectivity index (χ2n) is 7.13. The zero-order valence-electron chi connectivity index (χ0n) is 17.3. The van der Waals surface area contributed by atoms with E-state index in [-0.39, 0.29) is 24.1 Å². The van der Waals surface area contributed by atoms with Gasteiger partial charge in [-0.25, -0.2) is 8.78 Å². The molecule has 0 atom stereocenters. The summed E-state index contributed by atoms with van der Waals surface area (Å²) in [4.78, 5) is 19.9. The number of halogens is 2. The normalized spacial score (nSPS) is 16.2. The maximum absolute atomic E-state index is 13.3. The molecular weight excluding hydrogens is 430 g/mol. The minimum atomic E-state index is -0.332. The van der Waals surface area contributed by atoms with E-state index in [9.17, 15) is 13.6 Å². The van der Waals surface area contributed by atoms with Crippen molar-refractivity contribution in [2.45, 2.75) is 13.1 Å². The van der Waals surface area contributed by atoms with Gasteiger partial charge in [0, 0.05) is 0 Å². The number of carbonyl (C=O) groups excluding carboxylic acids is 1. The van der Waals surface area contributed by atoms with E-state index >= 15 is 0 Å². The van der Waals surface area contributed by atoms with Crippen molar-refractivity contribution >= 4 is 28.9 Å². The Balaban J connectivity index is 1.61. The summed E-state index contributed by atoms with van der Waals surface area (Å²) in [6.07, 6.45) is 1.81. The number of hydrogen-bond donors (Lipinski definition) is 0. The molecule has 1 aliphatic heterocycles. The van der Waals surface area contributed by atoms with Crippen LogP contribution in [0.2, 0.25) is 0 Å². The van der Waals surface area contributed by atoms with Gasteiger partial charge in [0.05, 0.1) is 25.1 Å². The van der Waals surface area contributed by atoms with Crippen LogP contribution < -0.4 is 4.74 Å². The minimum absolute atomic E-state index is 0.173. The Bertz CT molecular complexity index is 1160. The summed E-state index contributed by atoms with van der Waals surface area (Å²) in [7, 11) is 1.60. The number of methoxy groups -OCH3 is 1. The number of benzene rings is 3. The first-order valence-corrected chi connectivity index (χ1v) is 10.7. The van der Waals surface area contributed by atoms with Crippen LogP contribution in [0.5, 0.6) is 5.75 Å². The van der Waals surface area contributed by atoms with Gasteiger partial charge in [0.25, 0.3) is 5.91 Å². The summed E-state index contributed by atoms with van der Waals surface area (Å²) >= 11 is 1.28. The minimum Gasteiger partial charge on any atom is -0.497 e. The van der Waals surface area contributed by atoms with Gasteiger partial charge in [0.15, 0.2) is 5.17 Å². The third-order valence-corrected chi connectivity index (χ3v) is 5.91. The fourth-order valence-electron chi connectivity index (χ4n) is 3.14. The van der Waals surface area contributed by atoms with E-state index in [1.165, 1.54) is 36.0 Å². The Morgan fingerprint density at radius 3 is 2.09 bits per heavy atom. The van der Waals surface area contributed by atoms with E-state index in [0.29, 0.717) is 16.6 Å². The van der Waals surface area contributed by atoms with Crippen molar-refractivity contribution in [2.24, 2.45) is 4.99 Å². The molecule has 1 saturated heterocycles. The smallest absolute Gasteiger partial charge is 0.267 e. The number of amides is 1. The maximum atomic E-state index is 13.3. The van der Waals surface area contributed by atoms with Crippen molar-refractivity contribution < 1.29 is 18.3 Å². The predicted molar refractivity (Wildman–Crippen MR) is 123 cm³/mol. The Hall–Kier alpha value is -3.45. The molecule has 0 aromatic heterocycles. The van der Waals surface area contributed by atoms with Crippen molar-refractivity contribution in [3.8, 4) is 5.75 Å². The van der Waals surface area contributed by atoms with Gasteiger partial charge in [-0.05, 0) is 70.9 Å². The van der Waals surface area contributed by atoms with Crippen molar-refractivity contribution in [1.29, 1.82) is 0 Å². The van der Waals surface area contributed by atoms with Crippen LogP contribution in [0.4, 0.5) is 8.78 Å². The monoisotopic (exact) mass is 450 g/mol. The van der Waals surface area contributed by atoms with E-state index in [0.717, 1.165) is 22.4 Å². The van der Waals surface area contributed by atoms with Gasteiger partial charge in [-0.1, -0.05) is 36.4 Å². The van der Waals surface area contributed by atoms with Crippen molar-refractivity contribution in [2.75, 3.05) is 7.11 Å². The van der Waals surface area contributed by atoms with Crippen LogP contribution in [0, 0.1) is 11.6 Å². The molecule has 32 heavy (non-hydrogen) atoms. The van der Waals surface area contributed by atoms with Crippen LogP contribution in [-0.4, -0.2) is 23.1 Å². The number of amidine groups is 1. The van der Waals surface area contributed by atoms with Gasteiger partial charge < -0.3 is 4.74 Å². The average molecular weight is 451 g/mol. The summed E-state index contributed by atoms with van der Waals surface area (Å²) in [5, 5.41) is 0.545. The van der Waals surface area contributed by atoms with Gasteiger partial charge in [0.2, 0.25) is 0 Å². The Labute approximate surface area is 189 Å². The molecule has 1 heterocycles. The summed E-state index contributed by atoms with van der Waals surface area (Å²) in [6.45, 7) is 0.583. The Morgan fingerprint density at radius 2 is 1.50 bits per heavy atom. The van der Waals surface area contributed by atoms with Crippen molar-refractivity contribution in [1.82, 2.24) is 4.90 Å². The zero-order valence-corrected chi connectivity index (χ0v) is 18.1. The second-order valence-corrected chi connectivity index (χ2v) is 8.14. The number of rotatable bonds is 6. The van der Waals surface area contributed by atoms with E-state index in [4.69, 9.17) is 4.74 Å². The third kappa shape index (κ3) is 5.23. The molecule has 162 valence electrons. The number of hydrogen-bond acceptors (Lipinski definition) is 4. The van der Waals surface area contributed by atoms with Crippen LogP contribution in [-0.2, 0) is 17.9 Å². The molecule has 3 aromatic rings. The summed E-state index contributed by atoms with van der Waals surface area (Å²) < 4.78 is 31.7. The zero-order chi connectivity index (χ0) is 22.5. The summed E-state index contributed by atoms with van der Waals surface area (Å²) in [5.74, 6) is -0.0827. The highest BCUT2D eigenvalue weighted by atomic mass is 32.2. The molecule has 0 aliphatic carbocycles. The second kappa shape index (κ2) is 9.78. The molecule has 1 amide bonds. The molecule has 0 radical (unpaired) electrons. The Kier molecular flexibility index (Phi) is 6.66. The lowest BCUT2D eigenvalue weighted by Crippen LogP contribution is -2.28. The molecule has 0 unspecified atom stereocenters. The lowest BCUT2D eigenvalue weighted by atomic mass is 10.2. The molecule has 1 fully saturated rings. The fraction of sp³-hybridized carbons (Fsp3) is 0.120. The number of thioether (sulfide) groups is 1. The quantitative estimate of drug-likeness (QED) is 0.456. The highest BCUT2D eigenvalue weighted by Crippen LogP contribution is 2.34. The molecule has 7 heteroatoms. The predicted octanol–water partition coefficient (Wildman–Crippen LogP) is 5.65. The summed E-state index contributed by atoms with van der Waals surface area (Å²) in [6, 6.07) is 19.5. The molecule has 4 nitrogen and oxygen atoms in total. The highest BCUT2D eigenvalue weighted by molar-refractivity contribution is 8.18. The molecule has 3 aromatic carbocycles. The van der Waals surface area contributed by atoms with Crippen LogP contribution in [0.15, 0.2) is 82.7 Å². The van der Waals surface area contributed by atoms with E-state index in [2.05, 4.69) is 4.99 Å². The third-order valence-electron chi connectivity index (χ3n) is 4.87. The lowest BCUT2D eigenvalue weighted by Gasteiger charge is -2.15. The van der Waals surface area contributed by atoms with Crippen LogP contribution in [0.1, 0.15) is 16.7 Å². The molecular formula is C25H20F2N2O2S. The van der Waals surface area contributed by atoms with Crippen LogP contribution in [0.3, 0.4) is 0 Å². The first-order valence-electron chi connectivity index (χ1n) is 9.90. The first kappa shape index (κ1) is 21.8. The fourth-order valence-corrected chi connectivity index (χ4v) is 4.11. The van der Waals surface area contributed by atoms with E-state index < -0.39 is 0 Å². The average Bonchev–Trinajstić information content (AvgIpc) is 3.09. The van der Waals surface area contributed by atoms with Gasteiger partial charge >= 0.3 is 0 Å². The standard InChI is InChI=1S/C25H20F2N2O2S/c1-31-22-12-6-17(7-13-22)14-23-24(30)29(16-19-4-10-21(27)11-5-19)25(32-23)28-15-18-2-8-20(26)9-3-18/h2-14H,15-16H2,1H3/b23-14-,28-25?. The lowest BCUT2D eigenvalue weighted by molar-refractivity contribution is -0.122. The molecule has 0 saturated carbocycles. The largest absolute Gasteiger partial charge is 0.497 e. The number of ether oxygens (including phenoxy) is 1. The van der Waals surface area contributed by atoms with Crippen molar-refractivity contribution in [3.63, 3.8) is 0 Å². The topological polar surface area (TPSA) is 41.9 Å². The highest BCUT2D eigenvalue weighted by Gasteiger charge is 2.33. The molecule has 0 N–H and O–H groups in total. The molecule has 0 spiro atoms. The van der Waals surface area contributed by atoms with Crippen LogP contribution in [0.25, 0.3) is 6.08 Å². The summed E-state index contributed by atoms with van der Waals surface area (Å²) in [5.41, 5.74) is 2.49. The van der Waals surface area contributed by atoms with Gasteiger partial charge in [-0.15, -0.1) is 0 Å². The number of aliphatic imine (C=N–C) groups is 1. The van der Waals surface area contributed by atoms with Gasteiger partial charge in [-0.2, -0.15) is 0 Å². The van der Waals surface area contributed by atoms with Gasteiger partial charge in [-0.3, -0.25) is 14.7 Å². The molecule has 4 rings (SSSR count). The number of nitrogens with zero attached hydrogens (tertiary/aromatic N) is 2. The Morgan fingerprint density at radius 1 is 0.906 bits per heavy atom. The van der Waals surface area contributed by atoms with Crippen molar-refractivity contribution in [3.05, 3.63) is 106 Å². The SMILES string of the molecule is COc1ccc(/C=C2\SC(=NCc3ccc(F)cc3)N(Cc3ccc(F)cc3)C2=O)cc1. The number of carbonyl (C=O) groups is 1. The maximum Gasteiger partial charge on any atom is 0.267 e. The molecule has 1 aliphatic rings. The molecule has 0 bridgehead atoms. The first-order chi connectivity index (χ1) is 15.5. The van der Waals surface area contributed by atoms with E-state index in [1.807, 2.05) is 30.3 Å². The van der Waals surface area contributed by atoms with Crippen LogP contribution >= 0.6 is 11.8 Å².